The summed E-state index contributed by atoms with van der Waals surface area (Å²) in [5, 5.41) is 10.6. The number of rotatable bonds is 5. The molecule has 0 fully saturated rings. The summed E-state index contributed by atoms with van der Waals surface area (Å²) >= 11 is 7.43. The number of ether oxygens (including phenoxy) is 1. The van der Waals surface area contributed by atoms with Crippen molar-refractivity contribution in [2.75, 3.05) is 6.54 Å². The lowest BCUT2D eigenvalue weighted by Crippen LogP contribution is -2.02. The van der Waals surface area contributed by atoms with Crippen molar-refractivity contribution in [2.45, 2.75) is 19.4 Å². The summed E-state index contributed by atoms with van der Waals surface area (Å²) in [6.45, 7) is 2.52. The standard InChI is InChI=1S/C12H14ClN3OS/c1-8(12-16-15-11(18-12)5-6-14)17-10-4-2-3-9(13)7-10/h2-4,7-8H,5-6,14H2,1H3. The molecule has 0 amide bonds. The maximum Gasteiger partial charge on any atom is 0.157 e. The van der Waals surface area contributed by atoms with Crippen molar-refractivity contribution < 1.29 is 4.74 Å². The summed E-state index contributed by atoms with van der Waals surface area (Å²) in [6, 6.07) is 7.30. The minimum absolute atomic E-state index is 0.146. The first-order valence-electron chi connectivity index (χ1n) is 5.63. The van der Waals surface area contributed by atoms with Crippen molar-refractivity contribution in [1.82, 2.24) is 10.2 Å². The SMILES string of the molecule is CC(Oc1cccc(Cl)c1)c1nnc(CCN)s1. The Morgan fingerprint density at radius 1 is 1.44 bits per heavy atom. The van der Waals surface area contributed by atoms with E-state index in [4.69, 9.17) is 22.1 Å². The van der Waals surface area contributed by atoms with Gasteiger partial charge in [-0.2, -0.15) is 0 Å². The maximum atomic E-state index is 5.90. The van der Waals surface area contributed by atoms with Gasteiger partial charge in [0.25, 0.3) is 0 Å². The summed E-state index contributed by atoms with van der Waals surface area (Å²) in [7, 11) is 0. The summed E-state index contributed by atoms with van der Waals surface area (Å²) in [4.78, 5) is 0. The lowest BCUT2D eigenvalue weighted by atomic mass is 10.3. The van der Waals surface area contributed by atoms with Crippen LogP contribution in [0.1, 0.15) is 23.0 Å². The molecule has 6 heteroatoms. The lowest BCUT2D eigenvalue weighted by molar-refractivity contribution is 0.225. The molecule has 2 aromatic rings. The quantitative estimate of drug-likeness (QED) is 0.916. The van der Waals surface area contributed by atoms with Gasteiger partial charge in [0.05, 0.1) is 0 Å². The van der Waals surface area contributed by atoms with Crippen LogP contribution in [0.2, 0.25) is 5.02 Å². The molecule has 0 radical (unpaired) electrons. The maximum absolute atomic E-state index is 5.90. The van der Waals surface area contributed by atoms with Gasteiger partial charge in [-0.3, -0.25) is 0 Å². The predicted octanol–water partition coefficient (Wildman–Crippen LogP) is 2.83. The average Bonchev–Trinajstić information content (AvgIpc) is 2.78. The van der Waals surface area contributed by atoms with E-state index >= 15 is 0 Å². The van der Waals surface area contributed by atoms with E-state index < -0.39 is 0 Å². The zero-order chi connectivity index (χ0) is 13.0. The Kier molecular flexibility index (Phi) is 4.52. The van der Waals surface area contributed by atoms with E-state index in [1.165, 1.54) is 11.3 Å². The van der Waals surface area contributed by atoms with E-state index in [9.17, 15) is 0 Å². The molecule has 0 aliphatic carbocycles. The Balaban J connectivity index is 2.04. The van der Waals surface area contributed by atoms with Crippen molar-refractivity contribution in [3.05, 3.63) is 39.3 Å². The van der Waals surface area contributed by atoms with E-state index in [-0.39, 0.29) is 6.10 Å². The molecule has 0 saturated heterocycles. The van der Waals surface area contributed by atoms with Crippen LogP contribution in [0.4, 0.5) is 0 Å². The number of hydrogen-bond donors (Lipinski definition) is 1. The number of benzene rings is 1. The van der Waals surface area contributed by atoms with Crippen LogP contribution in [0.5, 0.6) is 5.75 Å². The van der Waals surface area contributed by atoms with Gasteiger partial charge < -0.3 is 10.5 Å². The van der Waals surface area contributed by atoms with E-state index in [2.05, 4.69) is 10.2 Å². The van der Waals surface area contributed by atoms with E-state index in [1.807, 2.05) is 25.1 Å². The molecule has 0 aliphatic heterocycles. The van der Waals surface area contributed by atoms with Crippen molar-refractivity contribution in [2.24, 2.45) is 5.73 Å². The van der Waals surface area contributed by atoms with Gasteiger partial charge in [-0.25, -0.2) is 0 Å². The van der Waals surface area contributed by atoms with Crippen LogP contribution in [0.3, 0.4) is 0 Å². The molecule has 0 saturated carbocycles. The van der Waals surface area contributed by atoms with Crippen LogP contribution in [-0.4, -0.2) is 16.7 Å². The Morgan fingerprint density at radius 3 is 3.00 bits per heavy atom. The number of nitrogens with zero attached hydrogens (tertiary/aromatic N) is 2. The zero-order valence-corrected chi connectivity index (χ0v) is 11.5. The number of hydrogen-bond acceptors (Lipinski definition) is 5. The van der Waals surface area contributed by atoms with Crippen LogP contribution in [-0.2, 0) is 6.42 Å². The summed E-state index contributed by atoms with van der Waals surface area (Å²) in [5.41, 5.74) is 5.48. The smallest absolute Gasteiger partial charge is 0.157 e. The fraction of sp³-hybridized carbons (Fsp3) is 0.333. The number of nitrogens with two attached hydrogens (primary N) is 1. The van der Waals surface area contributed by atoms with Crippen LogP contribution in [0.15, 0.2) is 24.3 Å². The first-order chi connectivity index (χ1) is 8.69. The van der Waals surface area contributed by atoms with Crippen molar-refractivity contribution in [3.8, 4) is 5.75 Å². The molecular formula is C12H14ClN3OS. The highest BCUT2D eigenvalue weighted by atomic mass is 35.5. The molecule has 1 aromatic heterocycles. The molecule has 2 rings (SSSR count). The Morgan fingerprint density at radius 2 is 2.28 bits per heavy atom. The second-order valence-corrected chi connectivity index (χ2v) is 5.32. The lowest BCUT2D eigenvalue weighted by Gasteiger charge is -2.11. The van der Waals surface area contributed by atoms with Crippen LogP contribution in [0, 0.1) is 0 Å². The predicted molar refractivity (Wildman–Crippen MR) is 73.2 cm³/mol. The van der Waals surface area contributed by atoms with Crippen LogP contribution < -0.4 is 10.5 Å². The molecule has 2 N–H and O–H groups in total. The second kappa shape index (κ2) is 6.13. The van der Waals surface area contributed by atoms with Crippen molar-refractivity contribution in [1.29, 1.82) is 0 Å². The molecule has 4 nitrogen and oxygen atoms in total. The van der Waals surface area contributed by atoms with Crippen molar-refractivity contribution in [3.63, 3.8) is 0 Å². The van der Waals surface area contributed by atoms with Gasteiger partial charge in [0, 0.05) is 11.4 Å². The highest BCUT2D eigenvalue weighted by molar-refractivity contribution is 7.11. The molecule has 18 heavy (non-hydrogen) atoms. The molecule has 0 aliphatic rings. The third-order valence-electron chi connectivity index (χ3n) is 2.30. The third kappa shape index (κ3) is 3.41. The minimum atomic E-state index is -0.146. The van der Waals surface area contributed by atoms with E-state index in [0.717, 1.165) is 22.2 Å². The normalized spacial score (nSPS) is 12.4. The number of halogens is 1. The molecular weight excluding hydrogens is 270 g/mol. The summed E-state index contributed by atoms with van der Waals surface area (Å²) in [5.74, 6) is 0.727. The molecule has 1 heterocycles. The largest absolute Gasteiger partial charge is 0.483 e. The summed E-state index contributed by atoms with van der Waals surface area (Å²) in [6.07, 6.45) is 0.606. The zero-order valence-electron chi connectivity index (χ0n) is 9.97. The van der Waals surface area contributed by atoms with Gasteiger partial charge in [0.15, 0.2) is 5.01 Å². The highest BCUT2D eigenvalue weighted by Gasteiger charge is 2.13. The topological polar surface area (TPSA) is 61.0 Å². The first kappa shape index (κ1) is 13.3. The molecule has 96 valence electrons. The third-order valence-corrected chi connectivity index (χ3v) is 3.68. The fourth-order valence-electron chi connectivity index (χ4n) is 1.45. The molecule has 0 spiro atoms. The molecule has 1 atom stereocenters. The minimum Gasteiger partial charge on any atom is -0.483 e. The van der Waals surface area contributed by atoms with Gasteiger partial charge in [0.2, 0.25) is 0 Å². The molecule has 0 bridgehead atoms. The van der Waals surface area contributed by atoms with E-state index in [1.54, 1.807) is 6.07 Å². The van der Waals surface area contributed by atoms with E-state index in [0.29, 0.717) is 11.6 Å². The van der Waals surface area contributed by atoms with Gasteiger partial charge in [0.1, 0.15) is 16.9 Å². The fourth-order valence-corrected chi connectivity index (χ4v) is 2.47. The highest BCUT2D eigenvalue weighted by Crippen LogP contribution is 2.25. The average molecular weight is 284 g/mol. The second-order valence-electron chi connectivity index (χ2n) is 3.79. The molecule has 1 aromatic carbocycles. The molecule has 1 unspecified atom stereocenters. The van der Waals surface area contributed by atoms with Crippen molar-refractivity contribution >= 4 is 22.9 Å². The van der Waals surface area contributed by atoms with Gasteiger partial charge in [-0.1, -0.05) is 29.0 Å². The first-order valence-corrected chi connectivity index (χ1v) is 6.83. The van der Waals surface area contributed by atoms with Gasteiger partial charge in [-0.05, 0) is 31.7 Å². The monoisotopic (exact) mass is 283 g/mol. The van der Waals surface area contributed by atoms with Gasteiger partial charge in [-0.15, -0.1) is 10.2 Å². The van der Waals surface area contributed by atoms with Crippen LogP contribution >= 0.6 is 22.9 Å². The Hall–Kier alpha value is -1.17. The summed E-state index contributed by atoms with van der Waals surface area (Å²) < 4.78 is 5.76. The Bertz CT molecular complexity index is 518. The number of aromatic nitrogens is 2. The Labute approximate surface area is 115 Å². The van der Waals surface area contributed by atoms with Crippen LogP contribution in [0.25, 0.3) is 0 Å². The van der Waals surface area contributed by atoms with Gasteiger partial charge >= 0.3 is 0 Å².